The normalized spacial score (nSPS) is 24.1. The Balaban J connectivity index is 2.30. The van der Waals surface area contributed by atoms with Gasteiger partial charge >= 0.3 is 0 Å². The predicted molar refractivity (Wildman–Crippen MR) is 40.1 cm³/mol. The van der Waals surface area contributed by atoms with E-state index in [1.807, 2.05) is 11.4 Å². The van der Waals surface area contributed by atoms with Crippen molar-refractivity contribution in [3.8, 4) is 0 Å². The standard InChI is InChI=1S/C7H13N2O/c1-2-7(10)9-5-3-8-4-6-9/h2,5,7-8,10H,1,3-4,6H2. The van der Waals surface area contributed by atoms with Crippen LogP contribution in [0.4, 0.5) is 0 Å². The molecule has 0 aliphatic carbocycles. The third-order valence-electron chi connectivity index (χ3n) is 1.57. The van der Waals surface area contributed by atoms with Gasteiger partial charge in [-0.25, -0.2) is 0 Å². The van der Waals surface area contributed by atoms with Crippen LogP contribution >= 0.6 is 0 Å². The highest BCUT2D eigenvalue weighted by molar-refractivity contribution is 4.86. The predicted octanol–water partition coefficient (Wildman–Crippen LogP) is -0.442. The molecule has 2 N–H and O–H groups in total. The van der Waals surface area contributed by atoms with E-state index in [4.69, 9.17) is 0 Å². The molecule has 1 saturated heterocycles. The highest BCUT2D eigenvalue weighted by Gasteiger charge is 2.14. The summed E-state index contributed by atoms with van der Waals surface area (Å²) in [6.45, 7) is 8.07. The van der Waals surface area contributed by atoms with Gasteiger partial charge in [-0.2, -0.15) is 0 Å². The maximum Gasteiger partial charge on any atom is 0.126 e. The number of piperazine rings is 1. The first-order valence-corrected chi connectivity index (χ1v) is 3.45. The van der Waals surface area contributed by atoms with E-state index in [0.717, 1.165) is 19.6 Å². The zero-order valence-corrected chi connectivity index (χ0v) is 5.95. The highest BCUT2D eigenvalue weighted by atomic mass is 16.3. The lowest BCUT2D eigenvalue weighted by Crippen LogP contribution is -2.44. The lowest BCUT2D eigenvalue weighted by atomic mass is 10.3. The summed E-state index contributed by atoms with van der Waals surface area (Å²) in [7, 11) is 0. The van der Waals surface area contributed by atoms with Crippen molar-refractivity contribution in [1.82, 2.24) is 10.2 Å². The number of aliphatic hydroxyl groups is 1. The van der Waals surface area contributed by atoms with Crippen molar-refractivity contribution in [2.75, 3.05) is 19.6 Å². The van der Waals surface area contributed by atoms with Gasteiger partial charge in [0.15, 0.2) is 0 Å². The number of aliphatic hydroxyl groups excluding tert-OH is 1. The van der Waals surface area contributed by atoms with Crippen molar-refractivity contribution in [3.05, 3.63) is 19.2 Å². The van der Waals surface area contributed by atoms with Crippen LogP contribution in [-0.2, 0) is 0 Å². The maximum atomic E-state index is 9.23. The van der Waals surface area contributed by atoms with Gasteiger partial charge in [-0.3, -0.25) is 4.90 Å². The van der Waals surface area contributed by atoms with Gasteiger partial charge < -0.3 is 10.4 Å². The molecule has 3 nitrogen and oxygen atoms in total. The van der Waals surface area contributed by atoms with Crippen LogP contribution in [0, 0.1) is 6.54 Å². The third-order valence-corrected chi connectivity index (χ3v) is 1.57. The second kappa shape index (κ2) is 3.71. The Kier molecular flexibility index (Phi) is 2.86. The maximum absolute atomic E-state index is 9.23. The SMILES string of the molecule is C=CC(O)N1[CH]CNCC1. The molecule has 1 radical (unpaired) electrons. The summed E-state index contributed by atoms with van der Waals surface area (Å²) in [6.07, 6.45) is 1.02. The minimum absolute atomic E-state index is 0.512. The smallest absolute Gasteiger partial charge is 0.126 e. The second-order valence-corrected chi connectivity index (χ2v) is 2.27. The number of hydrogen-bond acceptors (Lipinski definition) is 3. The fourth-order valence-electron chi connectivity index (χ4n) is 0.959. The molecule has 0 amide bonds. The van der Waals surface area contributed by atoms with Crippen LogP contribution in [0.5, 0.6) is 0 Å². The minimum atomic E-state index is -0.512. The Bertz CT molecular complexity index is 110. The molecule has 57 valence electrons. The molecule has 0 saturated carbocycles. The average molecular weight is 141 g/mol. The zero-order valence-electron chi connectivity index (χ0n) is 5.95. The van der Waals surface area contributed by atoms with Gasteiger partial charge in [-0.15, -0.1) is 0 Å². The highest BCUT2D eigenvalue weighted by Crippen LogP contribution is 2.01. The van der Waals surface area contributed by atoms with Crippen LogP contribution < -0.4 is 5.32 Å². The molecule has 0 aromatic carbocycles. The molecule has 0 spiro atoms. The van der Waals surface area contributed by atoms with Gasteiger partial charge in [0.1, 0.15) is 6.23 Å². The van der Waals surface area contributed by atoms with E-state index in [1.54, 1.807) is 0 Å². The average Bonchev–Trinajstić information content (AvgIpc) is 2.05. The molecular weight excluding hydrogens is 128 g/mol. The molecule has 0 aromatic rings. The zero-order chi connectivity index (χ0) is 7.40. The number of hydrogen-bond donors (Lipinski definition) is 2. The van der Waals surface area contributed by atoms with Crippen molar-refractivity contribution in [2.45, 2.75) is 6.23 Å². The monoisotopic (exact) mass is 141 g/mol. The first-order chi connectivity index (χ1) is 4.84. The van der Waals surface area contributed by atoms with E-state index in [0.29, 0.717) is 0 Å². The van der Waals surface area contributed by atoms with Gasteiger partial charge in [0, 0.05) is 26.2 Å². The lowest BCUT2D eigenvalue weighted by Gasteiger charge is -2.29. The van der Waals surface area contributed by atoms with Gasteiger partial charge in [-0.05, 0) is 6.08 Å². The molecule has 1 aliphatic heterocycles. The summed E-state index contributed by atoms with van der Waals surface area (Å²) in [5, 5.41) is 12.4. The molecule has 1 heterocycles. The van der Waals surface area contributed by atoms with E-state index >= 15 is 0 Å². The van der Waals surface area contributed by atoms with Crippen molar-refractivity contribution < 1.29 is 5.11 Å². The first kappa shape index (κ1) is 7.72. The second-order valence-electron chi connectivity index (χ2n) is 2.27. The minimum Gasteiger partial charge on any atom is -0.375 e. The largest absolute Gasteiger partial charge is 0.375 e. The Labute approximate surface area is 61.3 Å². The molecule has 3 heteroatoms. The molecule has 1 aliphatic rings. The molecule has 0 aromatic heterocycles. The molecule has 1 fully saturated rings. The van der Waals surface area contributed by atoms with Crippen molar-refractivity contribution >= 4 is 0 Å². The van der Waals surface area contributed by atoms with Gasteiger partial charge in [0.25, 0.3) is 0 Å². The van der Waals surface area contributed by atoms with Gasteiger partial charge in [0.05, 0.1) is 0 Å². The van der Waals surface area contributed by atoms with Crippen molar-refractivity contribution in [1.29, 1.82) is 0 Å². The number of nitrogens with one attached hydrogen (secondary N) is 1. The van der Waals surface area contributed by atoms with Crippen LogP contribution in [0.25, 0.3) is 0 Å². The molecule has 1 rings (SSSR count). The molecule has 1 unspecified atom stereocenters. The molecular formula is C7H13N2O. The molecule has 10 heavy (non-hydrogen) atoms. The Hall–Kier alpha value is -0.380. The van der Waals surface area contributed by atoms with Gasteiger partial charge in [-0.1, -0.05) is 6.58 Å². The fraction of sp³-hybridized carbons (Fsp3) is 0.571. The van der Waals surface area contributed by atoms with E-state index < -0.39 is 6.23 Å². The lowest BCUT2D eigenvalue weighted by molar-refractivity contribution is 0.0563. The Morgan fingerprint density at radius 2 is 2.60 bits per heavy atom. The van der Waals surface area contributed by atoms with Crippen LogP contribution in [0.1, 0.15) is 0 Å². The summed E-state index contributed by atoms with van der Waals surface area (Å²) < 4.78 is 0. The van der Waals surface area contributed by atoms with E-state index in [1.165, 1.54) is 6.08 Å². The fourth-order valence-corrected chi connectivity index (χ4v) is 0.959. The summed E-state index contributed by atoms with van der Waals surface area (Å²) in [4.78, 5) is 1.86. The topological polar surface area (TPSA) is 35.5 Å². The van der Waals surface area contributed by atoms with E-state index in [-0.39, 0.29) is 0 Å². The van der Waals surface area contributed by atoms with Crippen LogP contribution in [0.3, 0.4) is 0 Å². The summed E-state index contributed by atoms with van der Waals surface area (Å²) >= 11 is 0. The quantitative estimate of drug-likeness (QED) is 0.512. The molecule has 0 bridgehead atoms. The van der Waals surface area contributed by atoms with Crippen LogP contribution in [0.15, 0.2) is 12.7 Å². The summed E-state index contributed by atoms with van der Waals surface area (Å²) in [5.41, 5.74) is 0. The van der Waals surface area contributed by atoms with Crippen molar-refractivity contribution in [3.63, 3.8) is 0 Å². The Morgan fingerprint density at radius 3 is 3.10 bits per heavy atom. The summed E-state index contributed by atoms with van der Waals surface area (Å²) in [6, 6.07) is 0. The van der Waals surface area contributed by atoms with E-state index in [9.17, 15) is 5.11 Å². The first-order valence-electron chi connectivity index (χ1n) is 3.45. The third kappa shape index (κ3) is 1.80. The van der Waals surface area contributed by atoms with E-state index in [2.05, 4.69) is 11.9 Å². The van der Waals surface area contributed by atoms with Gasteiger partial charge in [0.2, 0.25) is 0 Å². The number of nitrogens with zero attached hydrogens (tertiary/aromatic N) is 1. The number of rotatable bonds is 2. The van der Waals surface area contributed by atoms with Crippen LogP contribution in [-0.4, -0.2) is 35.9 Å². The van der Waals surface area contributed by atoms with Crippen LogP contribution in [0.2, 0.25) is 0 Å². The van der Waals surface area contributed by atoms with Crippen molar-refractivity contribution in [2.24, 2.45) is 0 Å². The summed E-state index contributed by atoms with van der Waals surface area (Å²) in [5.74, 6) is 0. The molecule has 1 atom stereocenters. The Morgan fingerprint density at radius 1 is 1.80 bits per heavy atom.